The van der Waals surface area contributed by atoms with Gasteiger partial charge in [-0.1, -0.05) is 12.1 Å². The number of carbonyl (C=O) groups excluding carboxylic acids is 1. The molecule has 34 heavy (non-hydrogen) atoms. The molecule has 0 saturated carbocycles. The molecule has 182 valence electrons. The molecule has 0 N–H and O–H groups in total. The molecule has 2 aromatic carbocycles. The molecule has 2 atom stereocenters. The second kappa shape index (κ2) is 9.19. The first-order chi connectivity index (χ1) is 16.3. The summed E-state index contributed by atoms with van der Waals surface area (Å²) in [4.78, 5) is 19.7. The summed E-state index contributed by atoms with van der Waals surface area (Å²) in [5, 5.41) is 0. The Morgan fingerprint density at radius 1 is 1.00 bits per heavy atom. The smallest absolute Gasteiger partial charge is 0.378 e. The minimum Gasteiger partial charge on any atom is -0.378 e. The number of nitrogens with zero attached hydrogens (tertiary/aromatic N) is 3. The lowest BCUT2D eigenvalue weighted by molar-refractivity contribution is -0.141. The van der Waals surface area contributed by atoms with E-state index in [1.807, 2.05) is 0 Å². The highest BCUT2D eigenvalue weighted by Crippen LogP contribution is 2.40. The molecule has 3 aliphatic heterocycles. The molecule has 0 bridgehead atoms. The molecule has 0 spiro atoms. The van der Waals surface area contributed by atoms with E-state index in [2.05, 4.69) is 9.80 Å². The summed E-state index contributed by atoms with van der Waals surface area (Å²) in [6.45, 7) is 4.48. The molecule has 3 aliphatic rings. The van der Waals surface area contributed by atoms with Crippen LogP contribution in [0.15, 0.2) is 42.5 Å². The first-order valence-corrected chi connectivity index (χ1v) is 11.6. The van der Waals surface area contributed by atoms with Crippen molar-refractivity contribution in [3.8, 4) is 0 Å². The molecule has 2 aromatic rings. The lowest BCUT2D eigenvalue weighted by Gasteiger charge is -2.50. The first kappa shape index (κ1) is 23.1. The Kier molecular flexibility index (Phi) is 6.24. The van der Waals surface area contributed by atoms with Gasteiger partial charge in [0.2, 0.25) is 5.91 Å². The third-order valence-corrected chi connectivity index (χ3v) is 7.08. The Morgan fingerprint density at radius 2 is 1.74 bits per heavy atom. The van der Waals surface area contributed by atoms with Crippen LogP contribution in [-0.2, 0) is 28.7 Å². The van der Waals surface area contributed by atoms with Crippen molar-refractivity contribution in [1.82, 2.24) is 9.80 Å². The van der Waals surface area contributed by atoms with Gasteiger partial charge in [-0.3, -0.25) is 9.69 Å². The summed E-state index contributed by atoms with van der Waals surface area (Å²) in [5.74, 6) is -0.748. The van der Waals surface area contributed by atoms with E-state index < -0.39 is 17.7 Å². The maximum Gasteiger partial charge on any atom is 0.416 e. The van der Waals surface area contributed by atoms with Gasteiger partial charge in [0.25, 0.3) is 0 Å². The van der Waals surface area contributed by atoms with Crippen molar-refractivity contribution in [2.75, 3.05) is 50.8 Å². The molecule has 2 saturated heterocycles. The monoisotopic (exact) mass is 477 g/mol. The zero-order chi connectivity index (χ0) is 23.9. The van der Waals surface area contributed by atoms with Crippen LogP contribution in [0.1, 0.15) is 16.7 Å². The number of ether oxygens (including phenoxy) is 1. The van der Waals surface area contributed by atoms with Crippen LogP contribution in [-0.4, -0.2) is 67.7 Å². The Balaban J connectivity index is 1.43. The van der Waals surface area contributed by atoms with E-state index in [1.165, 1.54) is 18.2 Å². The lowest BCUT2D eigenvalue weighted by Crippen LogP contribution is -2.61. The van der Waals surface area contributed by atoms with Crippen molar-refractivity contribution in [3.63, 3.8) is 0 Å². The van der Waals surface area contributed by atoms with Gasteiger partial charge in [0.05, 0.1) is 30.7 Å². The molecule has 3 heterocycles. The number of alkyl halides is 3. The quantitative estimate of drug-likeness (QED) is 0.634. The molecule has 2 fully saturated rings. The minimum absolute atomic E-state index is 0.0232. The van der Waals surface area contributed by atoms with Crippen LogP contribution in [0.3, 0.4) is 0 Å². The standard InChI is InChI=1S/C25H27F4N3O2/c26-20-4-1-17(2-5-20)15-30-7-8-32-22-6-3-19(25(27,28)29)13-18(22)14-21(23(32)16-30)24(33)31-9-11-34-12-10-31/h1-6,13,21,23H,7-12,14-16H2. The summed E-state index contributed by atoms with van der Waals surface area (Å²) >= 11 is 0. The second-order valence-corrected chi connectivity index (χ2v) is 9.21. The molecular formula is C25H27F4N3O2. The third kappa shape index (κ3) is 4.63. The molecule has 0 aromatic heterocycles. The first-order valence-electron chi connectivity index (χ1n) is 11.6. The number of piperazine rings is 1. The van der Waals surface area contributed by atoms with Crippen LogP contribution in [0.25, 0.3) is 0 Å². The number of halogens is 4. The predicted octanol–water partition coefficient (Wildman–Crippen LogP) is 3.57. The largest absolute Gasteiger partial charge is 0.416 e. The van der Waals surface area contributed by atoms with Gasteiger partial charge in [0.15, 0.2) is 0 Å². The van der Waals surface area contributed by atoms with Crippen LogP contribution in [0.5, 0.6) is 0 Å². The van der Waals surface area contributed by atoms with E-state index in [1.54, 1.807) is 23.1 Å². The van der Waals surface area contributed by atoms with Gasteiger partial charge in [-0.2, -0.15) is 13.2 Å². The van der Waals surface area contributed by atoms with Gasteiger partial charge in [-0.05, 0) is 47.9 Å². The van der Waals surface area contributed by atoms with Crippen molar-refractivity contribution in [3.05, 3.63) is 65.0 Å². The number of fused-ring (bicyclic) bond motifs is 3. The highest BCUT2D eigenvalue weighted by Gasteiger charge is 2.44. The predicted molar refractivity (Wildman–Crippen MR) is 119 cm³/mol. The van der Waals surface area contributed by atoms with E-state index in [9.17, 15) is 22.4 Å². The number of anilines is 1. The number of rotatable bonds is 3. The van der Waals surface area contributed by atoms with E-state index in [-0.39, 0.29) is 24.2 Å². The van der Waals surface area contributed by atoms with Crippen molar-refractivity contribution < 1.29 is 27.1 Å². The molecule has 0 radical (unpaired) electrons. The Bertz CT molecular complexity index is 1040. The fraction of sp³-hybridized carbons (Fsp3) is 0.480. The average molecular weight is 478 g/mol. The van der Waals surface area contributed by atoms with Crippen LogP contribution < -0.4 is 4.90 Å². The second-order valence-electron chi connectivity index (χ2n) is 9.21. The van der Waals surface area contributed by atoms with Gasteiger partial charge in [-0.25, -0.2) is 4.39 Å². The lowest BCUT2D eigenvalue weighted by atomic mass is 9.82. The average Bonchev–Trinajstić information content (AvgIpc) is 2.84. The highest BCUT2D eigenvalue weighted by atomic mass is 19.4. The van der Waals surface area contributed by atoms with Gasteiger partial charge < -0.3 is 14.5 Å². The number of morpholine rings is 1. The Morgan fingerprint density at radius 3 is 2.44 bits per heavy atom. The Labute approximate surface area is 195 Å². The number of amides is 1. The van der Waals surface area contributed by atoms with E-state index in [0.29, 0.717) is 58.0 Å². The SMILES string of the molecule is O=C(C1Cc2cc(C(F)(F)F)ccc2N2CCN(Cc3ccc(F)cc3)CC12)N1CCOCC1. The van der Waals surface area contributed by atoms with Crippen molar-refractivity contribution >= 4 is 11.6 Å². The molecule has 1 amide bonds. The van der Waals surface area contributed by atoms with Crippen LogP contribution in [0.2, 0.25) is 0 Å². The number of carbonyl (C=O) groups is 1. The molecule has 0 aliphatic carbocycles. The summed E-state index contributed by atoms with van der Waals surface area (Å²) in [5.41, 5.74) is 1.66. The fourth-order valence-corrected chi connectivity index (χ4v) is 5.35. The van der Waals surface area contributed by atoms with Gasteiger partial charge in [0, 0.05) is 45.0 Å². The van der Waals surface area contributed by atoms with Crippen LogP contribution in [0.4, 0.5) is 23.2 Å². The third-order valence-electron chi connectivity index (χ3n) is 7.08. The van der Waals surface area contributed by atoms with Crippen molar-refractivity contribution in [2.24, 2.45) is 5.92 Å². The van der Waals surface area contributed by atoms with E-state index in [0.717, 1.165) is 17.3 Å². The van der Waals surface area contributed by atoms with Crippen LogP contribution >= 0.6 is 0 Å². The minimum atomic E-state index is -4.43. The summed E-state index contributed by atoms with van der Waals surface area (Å²) in [6.07, 6.45) is -4.15. The van der Waals surface area contributed by atoms with Crippen molar-refractivity contribution in [1.29, 1.82) is 0 Å². The van der Waals surface area contributed by atoms with Crippen LogP contribution in [0, 0.1) is 11.7 Å². The van der Waals surface area contributed by atoms with Gasteiger partial charge in [-0.15, -0.1) is 0 Å². The summed E-state index contributed by atoms with van der Waals surface area (Å²) in [7, 11) is 0. The number of hydrogen-bond donors (Lipinski definition) is 0. The molecule has 5 rings (SSSR count). The molecular weight excluding hydrogens is 450 g/mol. The highest BCUT2D eigenvalue weighted by molar-refractivity contribution is 5.82. The molecule has 2 unspecified atom stereocenters. The maximum absolute atomic E-state index is 13.6. The normalized spacial score (nSPS) is 23.4. The fourth-order valence-electron chi connectivity index (χ4n) is 5.35. The Hall–Kier alpha value is -2.65. The summed E-state index contributed by atoms with van der Waals surface area (Å²) < 4.78 is 58.8. The zero-order valence-corrected chi connectivity index (χ0v) is 18.7. The topological polar surface area (TPSA) is 36.0 Å². The molecule has 5 nitrogen and oxygen atoms in total. The number of benzene rings is 2. The van der Waals surface area contributed by atoms with E-state index >= 15 is 0 Å². The summed E-state index contributed by atoms with van der Waals surface area (Å²) in [6, 6.07) is 10.1. The number of hydrogen-bond acceptors (Lipinski definition) is 4. The molecule has 9 heteroatoms. The van der Waals surface area contributed by atoms with Crippen molar-refractivity contribution in [2.45, 2.75) is 25.2 Å². The zero-order valence-electron chi connectivity index (χ0n) is 18.7. The maximum atomic E-state index is 13.6. The van der Waals surface area contributed by atoms with Gasteiger partial charge in [0.1, 0.15) is 5.82 Å². The van der Waals surface area contributed by atoms with Gasteiger partial charge >= 0.3 is 6.18 Å². The van der Waals surface area contributed by atoms with E-state index in [4.69, 9.17) is 4.74 Å².